The van der Waals surface area contributed by atoms with Gasteiger partial charge in [-0.15, -0.1) is 0 Å². The maximum Gasteiger partial charge on any atom is 0.411 e. The lowest BCUT2D eigenvalue weighted by atomic mass is 9.87. The third kappa shape index (κ3) is 4.50. The van der Waals surface area contributed by atoms with Gasteiger partial charge in [0.25, 0.3) is 0 Å². The molecule has 2 aromatic rings. The second-order valence-corrected chi connectivity index (χ2v) is 8.00. The number of carbonyl (C=O) groups is 4. The zero-order valence-corrected chi connectivity index (χ0v) is 17.8. The van der Waals surface area contributed by atoms with Crippen LogP contribution in [0.4, 0.5) is 4.79 Å². The van der Waals surface area contributed by atoms with Gasteiger partial charge in [0.15, 0.2) is 0 Å². The Morgan fingerprint density at radius 2 is 1.76 bits per heavy atom. The molecule has 0 spiro atoms. The van der Waals surface area contributed by atoms with E-state index >= 15 is 0 Å². The highest BCUT2D eigenvalue weighted by Crippen LogP contribution is 2.38. The van der Waals surface area contributed by atoms with E-state index in [0.717, 1.165) is 11.1 Å². The number of hydrogen-bond acceptors (Lipinski definition) is 5. The zero-order valence-electron chi connectivity index (χ0n) is 17.8. The van der Waals surface area contributed by atoms with Gasteiger partial charge in [-0.1, -0.05) is 72.8 Å². The second kappa shape index (κ2) is 9.68. The van der Waals surface area contributed by atoms with Crippen molar-refractivity contribution < 1.29 is 29.0 Å². The average molecular weight is 448 g/mol. The Morgan fingerprint density at radius 3 is 2.39 bits per heavy atom. The molecule has 0 saturated carbocycles. The standard InChI is InChI=1S/C25H24N2O6/c28-15-19(12-14-22(29)30)26-20(13-11-17-7-3-1-4-8-17)23(24(26)31)27-21(16-33-25(27)32)18-9-5-2-6-10-18/h1-11,13,15,19-21,23H,12,14,16H2,(H,29,30)/b13-11+/t19-,20+,21+,23-/m0/s1. The van der Waals surface area contributed by atoms with Crippen molar-refractivity contribution in [2.75, 3.05) is 6.61 Å². The predicted molar refractivity (Wildman–Crippen MR) is 119 cm³/mol. The summed E-state index contributed by atoms with van der Waals surface area (Å²) in [5.41, 5.74) is 1.74. The summed E-state index contributed by atoms with van der Waals surface area (Å²) in [6.07, 6.45) is 3.37. The van der Waals surface area contributed by atoms with Crippen molar-refractivity contribution in [3.63, 3.8) is 0 Å². The summed E-state index contributed by atoms with van der Waals surface area (Å²) in [6, 6.07) is 16.0. The van der Waals surface area contributed by atoms with E-state index in [4.69, 9.17) is 9.84 Å². The Morgan fingerprint density at radius 1 is 1.09 bits per heavy atom. The molecule has 0 bridgehead atoms. The molecule has 2 aliphatic rings. The lowest BCUT2D eigenvalue weighted by Gasteiger charge is -2.51. The Bertz CT molecular complexity index is 1060. The molecule has 4 rings (SSSR count). The lowest BCUT2D eigenvalue weighted by Crippen LogP contribution is -2.72. The number of benzene rings is 2. The predicted octanol–water partition coefficient (Wildman–Crippen LogP) is 2.91. The minimum atomic E-state index is -1.05. The van der Waals surface area contributed by atoms with Crippen molar-refractivity contribution in [3.8, 4) is 0 Å². The van der Waals surface area contributed by atoms with Crippen molar-refractivity contribution in [2.45, 2.75) is 37.0 Å². The summed E-state index contributed by atoms with van der Waals surface area (Å²) in [5, 5.41) is 9.03. The fraction of sp³-hybridized carbons (Fsp3) is 0.280. The van der Waals surface area contributed by atoms with Crippen molar-refractivity contribution in [1.29, 1.82) is 0 Å². The van der Waals surface area contributed by atoms with Gasteiger partial charge in [-0.3, -0.25) is 14.5 Å². The summed E-state index contributed by atoms with van der Waals surface area (Å²) in [6.45, 7) is 0.123. The van der Waals surface area contributed by atoms with Crippen LogP contribution in [0, 0.1) is 0 Å². The Labute approximate surface area is 191 Å². The highest BCUT2D eigenvalue weighted by Gasteiger charge is 2.56. The van der Waals surface area contributed by atoms with Crippen LogP contribution in [0.3, 0.4) is 0 Å². The quantitative estimate of drug-likeness (QED) is 0.467. The molecule has 2 aliphatic heterocycles. The Hall–Kier alpha value is -3.94. The van der Waals surface area contributed by atoms with Crippen LogP contribution in [0.5, 0.6) is 0 Å². The number of cyclic esters (lactones) is 1. The summed E-state index contributed by atoms with van der Waals surface area (Å²) < 4.78 is 5.29. The van der Waals surface area contributed by atoms with Gasteiger partial charge >= 0.3 is 12.1 Å². The molecule has 0 radical (unpaired) electrons. The van der Waals surface area contributed by atoms with E-state index < -0.39 is 42.1 Å². The van der Waals surface area contributed by atoms with Crippen LogP contribution in [-0.4, -0.2) is 63.9 Å². The molecule has 8 heteroatoms. The molecule has 0 aliphatic carbocycles. The molecule has 0 aromatic heterocycles. The number of nitrogens with zero attached hydrogens (tertiary/aromatic N) is 2. The van der Waals surface area contributed by atoms with E-state index in [1.54, 1.807) is 6.08 Å². The first kappa shape index (κ1) is 22.3. The van der Waals surface area contributed by atoms with Crippen molar-refractivity contribution >= 4 is 30.3 Å². The van der Waals surface area contributed by atoms with Gasteiger partial charge in [0, 0.05) is 6.42 Å². The first-order valence-electron chi connectivity index (χ1n) is 10.7. The van der Waals surface area contributed by atoms with Crippen molar-refractivity contribution in [2.24, 2.45) is 0 Å². The van der Waals surface area contributed by atoms with Gasteiger partial charge in [-0.05, 0) is 17.5 Å². The molecule has 0 unspecified atom stereocenters. The molecule has 2 amide bonds. The minimum absolute atomic E-state index is 0.000466. The van der Waals surface area contributed by atoms with Crippen LogP contribution in [0.15, 0.2) is 66.7 Å². The molecule has 170 valence electrons. The van der Waals surface area contributed by atoms with Crippen molar-refractivity contribution in [1.82, 2.24) is 9.80 Å². The van der Waals surface area contributed by atoms with Crippen LogP contribution in [-0.2, 0) is 19.1 Å². The number of hydrogen-bond donors (Lipinski definition) is 1. The zero-order chi connectivity index (χ0) is 23.4. The molecule has 2 aromatic carbocycles. The van der Waals surface area contributed by atoms with Crippen LogP contribution in [0.1, 0.15) is 30.0 Å². The molecule has 8 nitrogen and oxygen atoms in total. The molecular weight excluding hydrogens is 424 g/mol. The third-order valence-corrected chi connectivity index (χ3v) is 6.00. The number of amides is 2. The molecule has 4 atom stereocenters. The summed E-state index contributed by atoms with van der Waals surface area (Å²) >= 11 is 0. The third-order valence-electron chi connectivity index (χ3n) is 6.00. The Balaban J connectivity index is 1.66. The SMILES string of the molecule is O=C[C@H](CCC(=O)O)N1C(=O)[C@@H](N2C(=O)OC[C@@H]2c2ccccc2)[C@H]1/C=C/c1ccccc1. The molecule has 2 heterocycles. The lowest BCUT2D eigenvalue weighted by molar-refractivity contribution is -0.161. The van der Waals surface area contributed by atoms with E-state index in [9.17, 15) is 19.2 Å². The molecule has 2 fully saturated rings. The van der Waals surface area contributed by atoms with E-state index in [-0.39, 0.29) is 19.4 Å². The molecular formula is C25H24N2O6. The summed E-state index contributed by atoms with van der Waals surface area (Å²) in [5.74, 6) is -1.45. The van der Waals surface area contributed by atoms with Gasteiger partial charge in [0.1, 0.15) is 18.9 Å². The van der Waals surface area contributed by atoms with E-state index in [1.807, 2.05) is 66.7 Å². The van der Waals surface area contributed by atoms with Crippen LogP contribution < -0.4 is 0 Å². The number of carboxylic acid groups (broad SMARTS) is 1. The van der Waals surface area contributed by atoms with E-state index in [0.29, 0.717) is 6.29 Å². The first-order valence-corrected chi connectivity index (χ1v) is 10.7. The molecule has 1 N–H and O–H groups in total. The van der Waals surface area contributed by atoms with E-state index in [1.165, 1.54) is 9.80 Å². The van der Waals surface area contributed by atoms with Crippen LogP contribution in [0.2, 0.25) is 0 Å². The van der Waals surface area contributed by atoms with Gasteiger partial charge in [-0.25, -0.2) is 4.79 Å². The first-order chi connectivity index (χ1) is 16.0. The topological polar surface area (TPSA) is 104 Å². The van der Waals surface area contributed by atoms with Gasteiger partial charge in [-0.2, -0.15) is 0 Å². The highest BCUT2D eigenvalue weighted by molar-refractivity contribution is 5.96. The fourth-order valence-corrected chi connectivity index (χ4v) is 4.37. The number of β-lactam (4-membered cyclic amide) rings is 1. The molecule has 2 saturated heterocycles. The summed E-state index contributed by atoms with van der Waals surface area (Å²) in [7, 11) is 0. The van der Waals surface area contributed by atoms with Crippen LogP contribution >= 0.6 is 0 Å². The number of aldehydes is 1. The number of aliphatic carboxylic acids is 1. The van der Waals surface area contributed by atoms with Gasteiger partial charge in [0.05, 0.1) is 18.1 Å². The smallest absolute Gasteiger partial charge is 0.411 e. The number of rotatable bonds is 9. The number of likely N-dealkylation sites (tertiary alicyclic amines) is 1. The van der Waals surface area contributed by atoms with Gasteiger partial charge in [0.2, 0.25) is 5.91 Å². The largest absolute Gasteiger partial charge is 0.481 e. The normalized spacial score (nSPS) is 23.3. The van der Waals surface area contributed by atoms with E-state index in [2.05, 4.69) is 0 Å². The number of carbonyl (C=O) groups excluding carboxylic acids is 3. The monoisotopic (exact) mass is 448 g/mol. The Kier molecular flexibility index (Phi) is 6.53. The summed E-state index contributed by atoms with van der Waals surface area (Å²) in [4.78, 5) is 51.6. The fourth-order valence-electron chi connectivity index (χ4n) is 4.37. The van der Waals surface area contributed by atoms with Gasteiger partial charge < -0.3 is 19.5 Å². The second-order valence-electron chi connectivity index (χ2n) is 8.00. The van der Waals surface area contributed by atoms with Crippen molar-refractivity contribution in [3.05, 3.63) is 77.9 Å². The van der Waals surface area contributed by atoms with Crippen LogP contribution in [0.25, 0.3) is 6.08 Å². The average Bonchev–Trinajstić information content (AvgIpc) is 3.20. The maximum absolute atomic E-state index is 13.3. The number of carboxylic acids is 1. The minimum Gasteiger partial charge on any atom is -0.481 e. The maximum atomic E-state index is 13.3. The highest BCUT2D eigenvalue weighted by atomic mass is 16.6. The number of ether oxygens (including phenoxy) is 1. The molecule has 33 heavy (non-hydrogen) atoms.